The summed E-state index contributed by atoms with van der Waals surface area (Å²) >= 11 is 0. The zero-order valence-electron chi connectivity index (χ0n) is 50.0. The molecule has 0 aliphatic carbocycles. The Bertz CT molecular complexity index is 1550. The van der Waals surface area contributed by atoms with Crippen molar-refractivity contribution < 1.29 is 80.2 Å². The van der Waals surface area contributed by atoms with Crippen LogP contribution in [0.15, 0.2) is 0 Å². The van der Waals surface area contributed by atoms with Crippen LogP contribution in [0.2, 0.25) is 0 Å². The van der Waals surface area contributed by atoms with E-state index in [-0.39, 0.29) is 25.7 Å². The lowest BCUT2D eigenvalue weighted by molar-refractivity contribution is -0.161. The van der Waals surface area contributed by atoms with E-state index < -0.39 is 97.5 Å². The quantitative estimate of drug-likeness (QED) is 0.0222. The molecule has 0 aromatic rings. The van der Waals surface area contributed by atoms with Crippen LogP contribution in [0.5, 0.6) is 0 Å². The molecule has 0 rings (SSSR count). The fourth-order valence-electron chi connectivity index (χ4n) is 8.61. The number of phosphoric ester groups is 2. The molecular weight excluding hydrogens is 1040 g/mol. The molecule has 0 aliphatic rings. The van der Waals surface area contributed by atoms with Gasteiger partial charge in [-0.15, -0.1) is 0 Å². The van der Waals surface area contributed by atoms with E-state index in [2.05, 4.69) is 41.5 Å². The van der Waals surface area contributed by atoms with Gasteiger partial charge in [-0.25, -0.2) is 9.13 Å². The second-order valence-electron chi connectivity index (χ2n) is 22.1. The molecule has 0 spiro atoms. The van der Waals surface area contributed by atoms with Gasteiger partial charge in [-0.2, -0.15) is 0 Å². The maximum Gasteiger partial charge on any atom is 0.472 e. The zero-order chi connectivity index (χ0) is 58.0. The fraction of sp³-hybridized carbons (Fsp3) is 0.932. The maximum atomic E-state index is 12.9. The van der Waals surface area contributed by atoms with E-state index in [1.165, 1.54) is 89.9 Å². The minimum atomic E-state index is -4.94. The Morgan fingerprint density at radius 1 is 0.372 bits per heavy atom. The van der Waals surface area contributed by atoms with Gasteiger partial charge in [0, 0.05) is 25.7 Å². The number of hydrogen-bond acceptors (Lipinski definition) is 15. The fourth-order valence-corrected chi connectivity index (χ4v) is 10.2. The molecule has 17 nitrogen and oxygen atoms in total. The van der Waals surface area contributed by atoms with Gasteiger partial charge in [0.2, 0.25) is 0 Å². The lowest BCUT2D eigenvalue weighted by Gasteiger charge is -2.21. The van der Waals surface area contributed by atoms with Crippen molar-refractivity contribution in [3.63, 3.8) is 0 Å². The Labute approximate surface area is 473 Å². The minimum Gasteiger partial charge on any atom is -0.462 e. The first-order valence-electron chi connectivity index (χ1n) is 31.0. The number of phosphoric acid groups is 2. The van der Waals surface area contributed by atoms with Gasteiger partial charge in [0.25, 0.3) is 0 Å². The number of unbranched alkanes of at least 4 members (excludes halogenated alkanes) is 27. The van der Waals surface area contributed by atoms with E-state index in [0.717, 1.165) is 109 Å². The first-order chi connectivity index (χ1) is 37.4. The molecule has 0 radical (unpaired) electrons. The van der Waals surface area contributed by atoms with Crippen molar-refractivity contribution >= 4 is 39.5 Å². The summed E-state index contributed by atoms with van der Waals surface area (Å²) in [5, 5.41) is 10.5. The molecule has 19 heteroatoms. The van der Waals surface area contributed by atoms with Gasteiger partial charge >= 0.3 is 39.5 Å². The van der Waals surface area contributed by atoms with Crippen LogP contribution in [0.3, 0.4) is 0 Å². The van der Waals surface area contributed by atoms with Crippen LogP contribution in [0.1, 0.15) is 286 Å². The normalized spacial score (nSPS) is 14.8. The van der Waals surface area contributed by atoms with Crippen molar-refractivity contribution in [1.82, 2.24) is 0 Å². The van der Waals surface area contributed by atoms with Gasteiger partial charge in [-0.3, -0.25) is 37.3 Å². The monoisotopic (exact) mass is 1160 g/mol. The van der Waals surface area contributed by atoms with Crippen molar-refractivity contribution in [2.75, 3.05) is 39.6 Å². The Morgan fingerprint density at radius 2 is 0.654 bits per heavy atom. The number of aliphatic hydroxyl groups is 1. The van der Waals surface area contributed by atoms with Crippen LogP contribution >= 0.6 is 15.6 Å². The highest BCUT2D eigenvalue weighted by molar-refractivity contribution is 7.47. The van der Waals surface area contributed by atoms with E-state index in [1.807, 2.05) is 0 Å². The molecule has 462 valence electrons. The summed E-state index contributed by atoms with van der Waals surface area (Å²) < 4.78 is 67.7. The number of hydrogen-bond donors (Lipinski definition) is 3. The van der Waals surface area contributed by atoms with Gasteiger partial charge in [-0.1, -0.05) is 234 Å². The summed E-state index contributed by atoms with van der Waals surface area (Å²) in [4.78, 5) is 71.8. The van der Waals surface area contributed by atoms with Crippen LogP contribution in [0, 0.1) is 11.8 Å². The first kappa shape index (κ1) is 76.1. The molecule has 0 amide bonds. The molecule has 3 N–H and O–H groups in total. The number of ether oxygens (including phenoxy) is 4. The number of rotatable bonds is 58. The second kappa shape index (κ2) is 51.9. The molecule has 0 aromatic heterocycles. The third kappa shape index (κ3) is 52.2. The maximum absolute atomic E-state index is 12.9. The highest BCUT2D eigenvalue weighted by Gasteiger charge is 2.30. The van der Waals surface area contributed by atoms with E-state index in [1.54, 1.807) is 0 Å². The van der Waals surface area contributed by atoms with E-state index in [9.17, 15) is 43.2 Å². The summed E-state index contributed by atoms with van der Waals surface area (Å²) in [5.41, 5.74) is 0. The highest BCUT2D eigenvalue weighted by Crippen LogP contribution is 2.45. The smallest absolute Gasteiger partial charge is 0.462 e. The predicted molar refractivity (Wildman–Crippen MR) is 308 cm³/mol. The molecule has 6 atom stereocenters. The molecule has 0 saturated carbocycles. The summed E-state index contributed by atoms with van der Waals surface area (Å²) in [6, 6.07) is 0. The number of carbonyl (C=O) groups is 4. The highest BCUT2D eigenvalue weighted by atomic mass is 31.2. The van der Waals surface area contributed by atoms with Crippen LogP contribution < -0.4 is 0 Å². The summed E-state index contributed by atoms with van der Waals surface area (Å²) in [5.74, 6) is -0.698. The summed E-state index contributed by atoms with van der Waals surface area (Å²) in [6.45, 7) is 9.32. The minimum absolute atomic E-state index is 0.104. The third-order valence-corrected chi connectivity index (χ3v) is 15.7. The Hall–Kier alpha value is -1.94. The zero-order valence-corrected chi connectivity index (χ0v) is 51.7. The standard InChI is InChI=1S/C59H114O17P2/c1-7-10-12-14-16-18-23-31-37-43-58(63)75-54(47-69-56(61)41-35-29-22-17-15-13-11-8-2)49-73-77(65,66)71-45-53(60)46-72-78(67,68)74-50-55(48-70-57(62)42-36-30-26-25-27-33-39-51(4)5)76-59(64)44-38-32-24-20-19-21-28-34-40-52(6)9-3/h51-55,60H,7-50H2,1-6H3,(H,65,66)(H,67,68)/t52?,53-,54+,55+/m0/s1. The Kier molecular flexibility index (Phi) is 50.6. The van der Waals surface area contributed by atoms with Gasteiger partial charge in [0.15, 0.2) is 12.2 Å². The van der Waals surface area contributed by atoms with E-state index in [0.29, 0.717) is 31.6 Å². The molecule has 3 unspecified atom stereocenters. The molecule has 0 heterocycles. The van der Waals surface area contributed by atoms with Gasteiger partial charge in [0.05, 0.1) is 26.4 Å². The molecule has 0 bridgehead atoms. The SMILES string of the molecule is CCCCCCCCCCCC(=O)O[C@H](COC(=O)CCCCCCCCCC)COP(=O)(O)OC[C@H](O)COP(=O)(O)OC[C@@H](COC(=O)CCCCCCCCC(C)C)OC(=O)CCCCCCCCCCC(C)CC. The lowest BCUT2D eigenvalue weighted by Crippen LogP contribution is -2.30. The Balaban J connectivity index is 5.23. The van der Waals surface area contributed by atoms with Crippen LogP contribution in [-0.2, 0) is 65.4 Å². The van der Waals surface area contributed by atoms with Crippen molar-refractivity contribution in [2.45, 2.75) is 304 Å². The average molecular weight is 1160 g/mol. The lowest BCUT2D eigenvalue weighted by atomic mass is 9.99. The molecule has 0 fully saturated rings. The molecular formula is C59H114O17P2. The van der Waals surface area contributed by atoms with Gasteiger partial charge in [-0.05, 0) is 37.5 Å². The molecule has 0 saturated heterocycles. The van der Waals surface area contributed by atoms with Crippen molar-refractivity contribution in [2.24, 2.45) is 11.8 Å². The largest absolute Gasteiger partial charge is 0.472 e. The summed E-state index contributed by atoms with van der Waals surface area (Å²) in [7, 11) is -9.87. The number of esters is 4. The van der Waals surface area contributed by atoms with E-state index >= 15 is 0 Å². The van der Waals surface area contributed by atoms with Crippen LogP contribution in [0.4, 0.5) is 0 Å². The van der Waals surface area contributed by atoms with Crippen molar-refractivity contribution in [1.29, 1.82) is 0 Å². The molecule has 78 heavy (non-hydrogen) atoms. The molecule has 0 aromatic carbocycles. The predicted octanol–water partition coefficient (Wildman–Crippen LogP) is 15.7. The average Bonchev–Trinajstić information content (AvgIpc) is 3.40. The van der Waals surface area contributed by atoms with Crippen molar-refractivity contribution in [3.8, 4) is 0 Å². The topological polar surface area (TPSA) is 237 Å². The number of carbonyl (C=O) groups excluding carboxylic acids is 4. The third-order valence-electron chi connectivity index (χ3n) is 13.8. The van der Waals surface area contributed by atoms with Crippen LogP contribution in [-0.4, -0.2) is 96.7 Å². The van der Waals surface area contributed by atoms with E-state index in [4.69, 9.17) is 37.0 Å². The van der Waals surface area contributed by atoms with Gasteiger partial charge < -0.3 is 33.8 Å². The first-order valence-corrected chi connectivity index (χ1v) is 34.0. The van der Waals surface area contributed by atoms with Crippen molar-refractivity contribution in [3.05, 3.63) is 0 Å². The summed E-state index contributed by atoms with van der Waals surface area (Å²) in [6.07, 6.45) is 32.2. The second-order valence-corrected chi connectivity index (χ2v) is 25.0. The number of aliphatic hydroxyl groups excluding tert-OH is 1. The molecule has 0 aliphatic heterocycles. The Morgan fingerprint density at radius 3 is 0.974 bits per heavy atom. The van der Waals surface area contributed by atoms with Gasteiger partial charge in [0.1, 0.15) is 19.3 Å². The van der Waals surface area contributed by atoms with Crippen LogP contribution in [0.25, 0.3) is 0 Å².